The molecular weight excluding hydrogens is 318 g/mol. The second-order valence-electron chi connectivity index (χ2n) is 5.88. The van der Waals surface area contributed by atoms with Crippen LogP contribution in [0.15, 0.2) is 48.5 Å². The highest BCUT2D eigenvalue weighted by Crippen LogP contribution is 2.11. The van der Waals surface area contributed by atoms with Crippen molar-refractivity contribution < 1.29 is 14.4 Å². The van der Waals surface area contributed by atoms with E-state index in [0.29, 0.717) is 17.7 Å². The molecular formula is C19H21N3O3. The number of nitrogens with two attached hydrogens (primary N) is 1. The summed E-state index contributed by atoms with van der Waals surface area (Å²) in [6.45, 7) is 3.36. The molecule has 6 nitrogen and oxygen atoms in total. The van der Waals surface area contributed by atoms with Crippen LogP contribution in [0.2, 0.25) is 0 Å². The molecule has 0 spiro atoms. The molecule has 0 saturated heterocycles. The summed E-state index contributed by atoms with van der Waals surface area (Å²) in [6, 6.07) is 13.3. The first-order valence-electron chi connectivity index (χ1n) is 7.88. The number of hydrogen-bond acceptors (Lipinski definition) is 3. The lowest BCUT2D eigenvalue weighted by molar-refractivity contribution is -0.119. The molecule has 0 aliphatic heterocycles. The van der Waals surface area contributed by atoms with E-state index in [0.717, 1.165) is 11.1 Å². The van der Waals surface area contributed by atoms with E-state index in [2.05, 4.69) is 10.6 Å². The molecule has 0 heterocycles. The van der Waals surface area contributed by atoms with Crippen LogP contribution < -0.4 is 16.4 Å². The van der Waals surface area contributed by atoms with E-state index in [9.17, 15) is 14.4 Å². The molecule has 0 saturated carbocycles. The van der Waals surface area contributed by atoms with E-state index in [1.54, 1.807) is 24.3 Å². The van der Waals surface area contributed by atoms with Crippen molar-refractivity contribution in [3.63, 3.8) is 0 Å². The van der Waals surface area contributed by atoms with Crippen molar-refractivity contribution >= 4 is 23.4 Å². The number of benzene rings is 2. The molecule has 4 N–H and O–H groups in total. The minimum absolute atomic E-state index is 0.191. The second-order valence-corrected chi connectivity index (χ2v) is 5.88. The second kappa shape index (κ2) is 8.10. The number of primary amides is 1. The molecule has 0 bridgehead atoms. The predicted octanol–water partition coefficient (Wildman–Crippen LogP) is 1.78. The van der Waals surface area contributed by atoms with E-state index in [4.69, 9.17) is 5.73 Å². The van der Waals surface area contributed by atoms with E-state index < -0.39 is 17.9 Å². The smallest absolute Gasteiger partial charge is 0.251 e. The predicted molar refractivity (Wildman–Crippen MR) is 96.1 cm³/mol. The van der Waals surface area contributed by atoms with Gasteiger partial charge in [0.1, 0.15) is 6.04 Å². The van der Waals surface area contributed by atoms with Gasteiger partial charge in [-0.05, 0) is 36.8 Å². The van der Waals surface area contributed by atoms with Crippen molar-refractivity contribution in [3.8, 4) is 0 Å². The Hall–Kier alpha value is -3.15. The van der Waals surface area contributed by atoms with Crippen LogP contribution in [0.3, 0.4) is 0 Å². The van der Waals surface area contributed by atoms with Crippen LogP contribution in [0.1, 0.15) is 28.4 Å². The number of anilines is 1. The number of nitrogens with one attached hydrogen (secondary N) is 2. The van der Waals surface area contributed by atoms with Crippen molar-refractivity contribution in [2.45, 2.75) is 26.3 Å². The van der Waals surface area contributed by atoms with Crippen molar-refractivity contribution in [1.29, 1.82) is 0 Å². The van der Waals surface area contributed by atoms with Gasteiger partial charge in [0, 0.05) is 24.6 Å². The first kappa shape index (κ1) is 18.2. The minimum Gasteiger partial charge on any atom is -0.368 e. The maximum absolute atomic E-state index is 12.3. The van der Waals surface area contributed by atoms with Crippen LogP contribution in [0, 0.1) is 6.92 Å². The molecule has 25 heavy (non-hydrogen) atoms. The molecule has 2 aromatic carbocycles. The minimum atomic E-state index is -0.802. The Balaban J connectivity index is 2.07. The molecule has 0 radical (unpaired) electrons. The van der Waals surface area contributed by atoms with Gasteiger partial charge in [-0.1, -0.05) is 29.8 Å². The monoisotopic (exact) mass is 339 g/mol. The molecule has 130 valence electrons. The van der Waals surface area contributed by atoms with Gasteiger partial charge in [-0.3, -0.25) is 14.4 Å². The SMILES string of the molecule is CC(=O)Nc1ccc(C(=O)N[C@@H](Cc2cccc(C)c2)C(N)=O)cc1. The molecule has 3 amide bonds. The topological polar surface area (TPSA) is 101 Å². The van der Waals surface area contributed by atoms with E-state index in [1.165, 1.54) is 6.92 Å². The Morgan fingerprint density at radius 3 is 2.32 bits per heavy atom. The highest BCUT2D eigenvalue weighted by atomic mass is 16.2. The highest BCUT2D eigenvalue weighted by molar-refractivity contribution is 5.98. The fraction of sp³-hybridized carbons (Fsp3) is 0.211. The average Bonchev–Trinajstić information content (AvgIpc) is 2.54. The van der Waals surface area contributed by atoms with Gasteiger partial charge in [-0.15, -0.1) is 0 Å². The molecule has 1 atom stereocenters. The van der Waals surface area contributed by atoms with Crippen LogP contribution in [0.4, 0.5) is 5.69 Å². The number of aryl methyl sites for hydroxylation is 1. The van der Waals surface area contributed by atoms with Gasteiger partial charge in [-0.2, -0.15) is 0 Å². The summed E-state index contributed by atoms with van der Waals surface area (Å²) >= 11 is 0. The maximum Gasteiger partial charge on any atom is 0.251 e. The van der Waals surface area contributed by atoms with E-state index in [-0.39, 0.29) is 5.91 Å². The zero-order valence-electron chi connectivity index (χ0n) is 14.2. The van der Waals surface area contributed by atoms with E-state index in [1.807, 2.05) is 31.2 Å². The molecule has 0 fully saturated rings. The van der Waals surface area contributed by atoms with Crippen LogP contribution >= 0.6 is 0 Å². The zero-order valence-corrected chi connectivity index (χ0v) is 14.2. The summed E-state index contributed by atoms with van der Waals surface area (Å²) in [4.78, 5) is 35.0. The molecule has 2 aromatic rings. The first-order chi connectivity index (χ1) is 11.8. The van der Waals surface area contributed by atoms with Crippen molar-refractivity contribution in [2.75, 3.05) is 5.32 Å². The van der Waals surface area contributed by atoms with Gasteiger partial charge in [-0.25, -0.2) is 0 Å². The molecule has 2 rings (SSSR count). The maximum atomic E-state index is 12.3. The van der Waals surface area contributed by atoms with Gasteiger partial charge < -0.3 is 16.4 Å². The highest BCUT2D eigenvalue weighted by Gasteiger charge is 2.19. The van der Waals surface area contributed by atoms with Crippen LogP contribution in [-0.4, -0.2) is 23.8 Å². The normalized spacial score (nSPS) is 11.4. The molecule has 0 aliphatic rings. The van der Waals surface area contributed by atoms with Gasteiger partial charge in [0.05, 0.1) is 0 Å². The number of amides is 3. The fourth-order valence-corrected chi connectivity index (χ4v) is 2.45. The van der Waals surface area contributed by atoms with Crippen LogP contribution in [0.5, 0.6) is 0 Å². The molecule has 0 unspecified atom stereocenters. The molecule has 6 heteroatoms. The lowest BCUT2D eigenvalue weighted by Crippen LogP contribution is -2.45. The van der Waals surface area contributed by atoms with Gasteiger partial charge >= 0.3 is 0 Å². The first-order valence-corrected chi connectivity index (χ1v) is 7.88. The lowest BCUT2D eigenvalue weighted by Gasteiger charge is -2.16. The van der Waals surface area contributed by atoms with Crippen molar-refractivity contribution in [2.24, 2.45) is 5.73 Å². The number of carbonyl (C=O) groups excluding carboxylic acids is 3. The Kier molecular flexibility index (Phi) is 5.89. The summed E-state index contributed by atoms with van der Waals surface area (Å²) < 4.78 is 0. The third-order valence-electron chi connectivity index (χ3n) is 3.64. The number of carbonyl (C=O) groups is 3. The van der Waals surface area contributed by atoms with Gasteiger partial charge in [0.15, 0.2) is 0 Å². The quantitative estimate of drug-likeness (QED) is 0.747. The fourth-order valence-electron chi connectivity index (χ4n) is 2.45. The zero-order chi connectivity index (χ0) is 18.4. The lowest BCUT2D eigenvalue weighted by atomic mass is 10.0. The summed E-state index contributed by atoms with van der Waals surface area (Å²) in [5.74, 6) is -1.18. The number of hydrogen-bond donors (Lipinski definition) is 3. The Morgan fingerprint density at radius 2 is 1.76 bits per heavy atom. The van der Waals surface area contributed by atoms with Crippen LogP contribution in [-0.2, 0) is 16.0 Å². The summed E-state index contributed by atoms with van der Waals surface area (Å²) in [7, 11) is 0. The Labute approximate surface area is 146 Å². The summed E-state index contributed by atoms with van der Waals surface area (Å²) in [5, 5.41) is 5.28. The van der Waals surface area contributed by atoms with Crippen molar-refractivity contribution in [3.05, 3.63) is 65.2 Å². The third kappa shape index (κ3) is 5.46. The molecule has 0 aromatic heterocycles. The average molecular weight is 339 g/mol. The largest absolute Gasteiger partial charge is 0.368 e. The van der Waals surface area contributed by atoms with Gasteiger partial charge in [0.25, 0.3) is 5.91 Å². The summed E-state index contributed by atoms with van der Waals surface area (Å²) in [5.41, 5.74) is 8.39. The third-order valence-corrected chi connectivity index (χ3v) is 3.64. The van der Waals surface area contributed by atoms with Crippen molar-refractivity contribution in [1.82, 2.24) is 5.32 Å². The van der Waals surface area contributed by atoms with Gasteiger partial charge in [0.2, 0.25) is 11.8 Å². The Morgan fingerprint density at radius 1 is 1.08 bits per heavy atom. The van der Waals surface area contributed by atoms with E-state index >= 15 is 0 Å². The number of rotatable bonds is 6. The Bertz CT molecular complexity index is 785. The summed E-state index contributed by atoms with van der Waals surface area (Å²) in [6.07, 6.45) is 0.326. The standard InChI is InChI=1S/C19H21N3O3/c1-12-4-3-5-14(10-12)11-17(18(20)24)22-19(25)15-6-8-16(9-7-15)21-13(2)23/h3-10,17H,11H2,1-2H3,(H2,20,24)(H,21,23)(H,22,25)/t17-/m0/s1. The molecule has 0 aliphatic carbocycles. The van der Waals surface area contributed by atoms with Crippen LogP contribution in [0.25, 0.3) is 0 Å².